The predicted octanol–water partition coefficient (Wildman–Crippen LogP) is 1.98. The standard InChI is InChI=1S/C16H21N5O3/c1-10-7-12-11(8-21(10)15(23)24-16(2,3)4)13(19-18-12)14(22)20-6-5-17-9-20/h5-6,9-10H,7-8H2,1-4H3,(H,18,19)/t10-/m1/s1. The Morgan fingerprint density at radius 2 is 2.12 bits per heavy atom. The average Bonchev–Trinajstić information content (AvgIpc) is 3.13. The van der Waals surface area contributed by atoms with Gasteiger partial charge in [-0.25, -0.2) is 9.78 Å². The van der Waals surface area contributed by atoms with Gasteiger partial charge in [-0.3, -0.25) is 14.5 Å². The lowest BCUT2D eigenvalue weighted by Gasteiger charge is -2.34. The predicted molar refractivity (Wildman–Crippen MR) is 85.5 cm³/mol. The lowest BCUT2D eigenvalue weighted by molar-refractivity contribution is 0.0136. The molecule has 3 rings (SSSR count). The van der Waals surface area contributed by atoms with Crippen molar-refractivity contribution in [1.29, 1.82) is 0 Å². The van der Waals surface area contributed by atoms with Gasteiger partial charge < -0.3 is 9.64 Å². The highest BCUT2D eigenvalue weighted by Gasteiger charge is 2.34. The highest BCUT2D eigenvalue weighted by Crippen LogP contribution is 2.26. The fourth-order valence-electron chi connectivity index (χ4n) is 2.72. The van der Waals surface area contributed by atoms with Gasteiger partial charge in [-0.1, -0.05) is 0 Å². The Balaban J connectivity index is 1.87. The minimum atomic E-state index is -0.567. The minimum absolute atomic E-state index is 0.0380. The molecule has 24 heavy (non-hydrogen) atoms. The molecule has 0 unspecified atom stereocenters. The van der Waals surface area contributed by atoms with E-state index in [0.717, 1.165) is 11.3 Å². The average molecular weight is 331 g/mol. The van der Waals surface area contributed by atoms with Crippen LogP contribution in [0.1, 0.15) is 49.4 Å². The second kappa shape index (κ2) is 5.77. The van der Waals surface area contributed by atoms with E-state index >= 15 is 0 Å². The van der Waals surface area contributed by atoms with Crippen LogP contribution in [0.25, 0.3) is 0 Å². The molecule has 0 saturated carbocycles. The molecule has 0 spiro atoms. The summed E-state index contributed by atoms with van der Waals surface area (Å²) in [7, 11) is 0. The maximum atomic E-state index is 12.5. The third-order valence-electron chi connectivity index (χ3n) is 3.88. The SMILES string of the molecule is C[C@@H]1Cc2[nH]nc(C(=O)n3ccnc3)c2CN1C(=O)OC(C)(C)C. The van der Waals surface area contributed by atoms with E-state index in [1.807, 2.05) is 27.7 Å². The van der Waals surface area contributed by atoms with Gasteiger partial charge >= 0.3 is 6.09 Å². The van der Waals surface area contributed by atoms with E-state index in [4.69, 9.17) is 4.74 Å². The van der Waals surface area contributed by atoms with Gasteiger partial charge in [-0.2, -0.15) is 5.10 Å². The molecule has 0 aliphatic carbocycles. The van der Waals surface area contributed by atoms with Crippen LogP contribution in [0.3, 0.4) is 0 Å². The molecule has 0 saturated heterocycles. The summed E-state index contributed by atoms with van der Waals surface area (Å²) < 4.78 is 6.84. The molecule has 1 amide bonds. The number of fused-ring (bicyclic) bond motifs is 1. The number of aromatic nitrogens is 4. The fourth-order valence-corrected chi connectivity index (χ4v) is 2.72. The highest BCUT2D eigenvalue weighted by atomic mass is 16.6. The zero-order valence-electron chi connectivity index (χ0n) is 14.2. The maximum Gasteiger partial charge on any atom is 0.410 e. The Morgan fingerprint density at radius 1 is 1.38 bits per heavy atom. The number of aromatic amines is 1. The maximum absolute atomic E-state index is 12.5. The number of nitrogens with one attached hydrogen (secondary N) is 1. The first kappa shape index (κ1) is 16.2. The summed E-state index contributed by atoms with van der Waals surface area (Å²) in [6.07, 6.45) is 4.74. The van der Waals surface area contributed by atoms with Gasteiger partial charge in [0.05, 0.1) is 6.54 Å². The number of amides is 1. The molecule has 1 aliphatic heterocycles. The summed E-state index contributed by atoms with van der Waals surface area (Å²) in [6, 6.07) is -0.0380. The molecular weight excluding hydrogens is 310 g/mol. The quantitative estimate of drug-likeness (QED) is 0.862. The molecule has 0 bridgehead atoms. The van der Waals surface area contributed by atoms with Crippen LogP contribution >= 0.6 is 0 Å². The number of carbonyl (C=O) groups excluding carboxylic acids is 2. The van der Waals surface area contributed by atoms with Crippen LogP contribution in [0.4, 0.5) is 4.79 Å². The van der Waals surface area contributed by atoms with Gasteiger partial charge in [0, 0.05) is 36.1 Å². The van der Waals surface area contributed by atoms with Crippen LogP contribution in [0, 0.1) is 0 Å². The van der Waals surface area contributed by atoms with Gasteiger partial charge in [0.2, 0.25) is 0 Å². The summed E-state index contributed by atoms with van der Waals surface area (Å²) in [5.74, 6) is -0.274. The second-order valence-electron chi connectivity index (χ2n) is 6.97. The Kier molecular flexibility index (Phi) is 3.90. The van der Waals surface area contributed by atoms with Crippen molar-refractivity contribution in [3.05, 3.63) is 35.7 Å². The Morgan fingerprint density at radius 3 is 2.75 bits per heavy atom. The fraction of sp³-hybridized carbons (Fsp3) is 0.500. The van der Waals surface area contributed by atoms with Gasteiger partial charge in [-0.05, 0) is 27.7 Å². The molecule has 0 radical (unpaired) electrons. The number of ether oxygens (including phenoxy) is 1. The van der Waals surface area contributed by atoms with Crippen LogP contribution in [-0.2, 0) is 17.7 Å². The molecule has 2 aromatic rings. The Labute approximate surface area is 139 Å². The van der Waals surface area contributed by atoms with Crippen molar-refractivity contribution in [2.75, 3.05) is 0 Å². The normalized spacial score (nSPS) is 17.5. The van der Waals surface area contributed by atoms with Gasteiger partial charge in [0.15, 0.2) is 5.69 Å². The van der Waals surface area contributed by atoms with Crippen LogP contribution in [0.15, 0.2) is 18.7 Å². The molecule has 1 atom stereocenters. The van der Waals surface area contributed by atoms with Gasteiger partial charge in [0.25, 0.3) is 5.91 Å². The summed E-state index contributed by atoms with van der Waals surface area (Å²) in [4.78, 5) is 30.5. The van der Waals surface area contributed by atoms with E-state index in [0.29, 0.717) is 12.1 Å². The third-order valence-corrected chi connectivity index (χ3v) is 3.88. The van der Waals surface area contributed by atoms with E-state index in [1.165, 1.54) is 17.1 Å². The lowest BCUT2D eigenvalue weighted by atomic mass is 10.00. The van der Waals surface area contributed by atoms with Crippen molar-refractivity contribution in [2.24, 2.45) is 0 Å². The van der Waals surface area contributed by atoms with Crippen molar-refractivity contribution in [3.8, 4) is 0 Å². The summed E-state index contributed by atoms with van der Waals surface area (Å²) in [5, 5.41) is 7.08. The zero-order chi connectivity index (χ0) is 17.5. The first-order valence-electron chi connectivity index (χ1n) is 7.84. The zero-order valence-corrected chi connectivity index (χ0v) is 14.2. The molecule has 8 nitrogen and oxygen atoms in total. The number of carbonyl (C=O) groups is 2. The highest BCUT2D eigenvalue weighted by molar-refractivity contribution is 5.95. The summed E-state index contributed by atoms with van der Waals surface area (Å²) in [6.45, 7) is 7.73. The number of nitrogens with zero attached hydrogens (tertiary/aromatic N) is 4. The molecule has 128 valence electrons. The Bertz CT molecular complexity index is 757. The van der Waals surface area contributed by atoms with E-state index in [-0.39, 0.29) is 24.6 Å². The lowest BCUT2D eigenvalue weighted by Crippen LogP contribution is -2.45. The van der Waals surface area contributed by atoms with Crippen molar-refractivity contribution in [2.45, 2.75) is 52.3 Å². The molecule has 1 aliphatic rings. The molecule has 8 heteroatoms. The third kappa shape index (κ3) is 3.04. The van der Waals surface area contributed by atoms with Gasteiger partial charge in [0.1, 0.15) is 11.9 Å². The first-order valence-corrected chi connectivity index (χ1v) is 7.84. The first-order chi connectivity index (χ1) is 11.3. The molecule has 3 heterocycles. The second-order valence-corrected chi connectivity index (χ2v) is 6.97. The van der Waals surface area contributed by atoms with E-state index in [9.17, 15) is 9.59 Å². The van der Waals surface area contributed by atoms with Crippen molar-refractivity contribution < 1.29 is 14.3 Å². The summed E-state index contributed by atoms with van der Waals surface area (Å²) in [5.41, 5.74) is 1.36. The monoisotopic (exact) mass is 331 g/mol. The van der Waals surface area contributed by atoms with E-state index in [1.54, 1.807) is 11.1 Å². The van der Waals surface area contributed by atoms with Crippen molar-refractivity contribution in [3.63, 3.8) is 0 Å². The number of rotatable bonds is 1. The van der Waals surface area contributed by atoms with E-state index < -0.39 is 5.60 Å². The molecule has 0 aromatic carbocycles. The number of H-pyrrole nitrogens is 1. The van der Waals surface area contributed by atoms with E-state index in [2.05, 4.69) is 15.2 Å². The van der Waals surface area contributed by atoms with Gasteiger partial charge in [-0.15, -0.1) is 0 Å². The number of hydrogen-bond acceptors (Lipinski definition) is 5. The largest absolute Gasteiger partial charge is 0.444 e. The number of hydrogen-bond donors (Lipinski definition) is 1. The molecular formula is C16H21N5O3. The van der Waals surface area contributed by atoms with Crippen molar-refractivity contribution >= 4 is 12.0 Å². The smallest absolute Gasteiger partial charge is 0.410 e. The minimum Gasteiger partial charge on any atom is -0.444 e. The van der Waals surface area contributed by atoms with Crippen LogP contribution in [0.5, 0.6) is 0 Å². The topological polar surface area (TPSA) is 93.1 Å². The van der Waals surface area contributed by atoms with Crippen molar-refractivity contribution in [1.82, 2.24) is 24.6 Å². The van der Waals surface area contributed by atoms with Crippen LogP contribution in [0.2, 0.25) is 0 Å². The summed E-state index contributed by atoms with van der Waals surface area (Å²) >= 11 is 0. The van der Waals surface area contributed by atoms with Crippen LogP contribution in [-0.4, -0.2) is 48.3 Å². The number of imidazole rings is 1. The Hall–Kier alpha value is -2.64. The molecule has 0 fully saturated rings. The molecule has 1 N–H and O–H groups in total. The molecule has 2 aromatic heterocycles. The van der Waals surface area contributed by atoms with Crippen LogP contribution < -0.4 is 0 Å².